The van der Waals surface area contributed by atoms with Gasteiger partial charge in [0, 0.05) is 23.0 Å². The standard InChI is InChI=1S/C14H9NO4/c1-18-14(17)10-7-11(16)19-13-9(10)5-4-8-3-2-6-15-12(8)13/h2-7H,1H3. The lowest BCUT2D eigenvalue weighted by Gasteiger charge is -2.05. The van der Waals surface area contributed by atoms with Crippen molar-refractivity contribution in [3.05, 3.63) is 52.5 Å². The molecule has 0 N–H and O–H groups in total. The summed E-state index contributed by atoms with van der Waals surface area (Å²) in [6.07, 6.45) is 1.60. The number of ether oxygens (including phenoxy) is 1. The summed E-state index contributed by atoms with van der Waals surface area (Å²) in [6.45, 7) is 0. The molecule has 0 aliphatic heterocycles. The van der Waals surface area contributed by atoms with Crippen molar-refractivity contribution in [2.24, 2.45) is 0 Å². The molecule has 2 aromatic heterocycles. The zero-order valence-electron chi connectivity index (χ0n) is 10.0. The lowest BCUT2D eigenvalue weighted by Crippen LogP contribution is -2.08. The fraction of sp³-hybridized carbons (Fsp3) is 0.0714. The molecule has 0 aliphatic rings. The van der Waals surface area contributed by atoms with E-state index in [1.54, 1.807) is 18.3 Å². The fourth-order valence-electron chi connectivity index (χ4n) is 2.04. The highest BCUT2D eigenvalue weighted by Crippen LogP contribution is 2.25. The van der Waals surface area contributed by atoms with E-state index in [4.69, 9.17) is 4.42 Å². The number of hydrogen-bond acceptors (Lipinski definition) is 5. The number of rotatable bonds is 1. The van der Waals surface area contributed by atoms with Crippen LogP contribution in [-0.4, -0.2) is 18.1 Å². The van der Waals surface area contributed by atoms with Gasteiger partial charge in [-0.2, -0.15) is 0 Å². The lowest BCUT2D eigenvalue weighted by atomic mass is 10.1. The van der Waals surface area contributed by atoms with Gasteiger partial charge in [0.2, 0.25) is 0 Å². The Morgan fingerprint density at radius 1 is 1.32 bits per heavy atom. The fourth-order valence-corrected chi connectivity index (χ4v) is 2.04. The summed E-state index contributed by atoms with van der Waals surface area (Å²) in [5.41, 5.74) is 0.418. The second kappa shape index (κ2) is 4.20. The molecule has 1 aromatic carbocycles. The lowest BCUT2D eigenvalue weighted by molar-refractivity contribution is 0.0602. The van der Waals surface area contributed by atoms with Gasteiger partial charge < -0.3 is 9.15 Å². The van der Waals surface area contributed by atoms with Crippen molar-refractivity contribution in [3.63, 3.8) is 0 Å². The number of esters is 1. The number of pyridine rings is 1. The van der Waals surface area contributed by atoms with Gasteiger partial charge >= 0.3 is 11.6 Å². The Morgan fingerprint density at radius 3 is 2.95 bits per heavy atom. The maximum Gasteiger partial charge on any atom is 0.338 e. The highest BCUT2D eigenvalue weighted by atomic mass is 16.5. The zero-order valence-corrected chi connectivity index (χ0v) is 10.0. The van der Waals surface area contributed by atoms with Gasteiger partial charge in [0.1, 0.15) is 5.52 Å². The molecule has 0 radical (unpaired) electrons. The highest BCUT2D eigenvalue weighted by molar-refractivity contribution is 6.09. The van der Waals surface area contributed by atoms with Crippen molar-refractivity contribution >= 4 is 27.8 Å². The summed E-state index contributed by atoms with van der Waals surface area (Å²) in [5.74, 6) is -0.576. The molecule has 3 rings (SSSR count). The van der Waals surface area contributed by atoms with E-state index < -0.39 is 11.6 Å². The van der Waals surface area contributed by atoms with Gasteiger partial charge in [-0.05, 0) is 12.1 Å². The second-order valence-electron chi connectivity index (χ2n) is 3.99. The molecule has 5 nitrogen and oxygen atoms in total. The number of aromatic nitrogens is 1. The van der Waals surface area contributed by atoms with Gasteiger partial charge in [0.05, 0.1) is 12.7 Å². The molecule has 3 aromatic rings. The van der Waals surface area contributed by atoms with Crippen molar-refractivity contribution in [2.45, 2.75) is 0 Å². The third-order valence-electron chi connectivity index (χ3n) is 2.89. The summed E-state index contributed by atoms with van der Waals surface area (Å²) in [6, 6.07) is 8.30. The Labute approximate surface area is 107 Å². The topological polar surface area (TPSA) is 69.4 Å². The third-order valence-corrected chi connectivity index (χ3v) is 2.89. The number of carbonyl (C=O) groups excluding carboxylic acids is 1. The maximum absolute atomic E-state index is 11.7. The molecule has 0 spiro atoms. The molecule has 0 bridgehead atoms. The summed E-state index contributed by atoms with van der Waals surface area (Å²) < 4.78 is 9.86. The molecule has 0 unspecified atom stereocenters. The smallest absolute Gasteiger partial charge is 0.338 e. The number of methoxy groups -OCH3 is 1. The number of carbonyl (C=O) groups is 1. The van der Waals surface area contributed by atoms with Gasteiger partial charge in [-0.25, -0.2) is 9.59 Å². The summed E-state index contributed by atoms with van der Waals surface area (Å²) >= 11 is 0. The first-order valence-electron chi connectivity index (χ1n) is 5.60. The minimum Gasteiger partial charge on any atom is -0.465 e. The van der Waals surface area contributed by atoms with Crippen LogP contribution in [0, 0.1) is 0 Å². The number of benzene rings is 1. The monoisotopic (exact) mass is 255 g/mol. The van der Waals surface area contributed by atoms with Crippen molar-refractivity contribution in [3.8, 4) is 0 Å². The summed E-state index contributed by atoms with van der Waals surface area (Å²) in [4.78, 5) is 27.5. The highest BCUT2D eigenvalue weighted by Gasteiger charge is 2.15. The Bertz CT molecular complexity index is 851. The number of hydrogen-bond donors (Lipinski definition) is 0. The van der Waals surface area contributed by atoms with Crippen molar-refractivity contribution < 1.29 is 13.9 Å². The van der Waals surface area contributed by atoms with E-state index in [0.717, 1.165) is 11.5 Å². The maximum atomic E-state index is 11.7. The largest absolute Gasteiger partial charge is 0.465 e. The minimum absolute atomic E-state index is 0.182. The molecule has 0 saturated heterocycles. The first-order chi connectivity index (χ1) is 9.20. The quantitative estimate of drug-likeness (QED) is 0.378. The SMILES string of the molecule is COC(=O)c1cc(=O)oc2c1ccc1cccnc12. The van der Waals surface area contributed by atoms with E-state index in [9.17, 15) is 9.59 Å². The predicted octanol–water partition coefficient (Wildman–Crippen LogP) is 2.13. The van der Waals surface area contributed by atoms with Gasteiger partial charge in [-0.3, -0.25) is 4.98 Å². The van der Waals surface area contributed by atoms with Crippen LogP contribution < -0.4 is 5.63 Å². The van der Waals surface area contributed by atoms with E-state index >= 15 is 0 Å². The average Bonchev–Trinajstić information content (AvgIpc) is 2.45. The van der Waals surface area contributed by atoms with Crippen LogP contribution in [0.25, 0.3) is 21.9 Å². The van der Waals surface area contributed by atoms with Crippen LogP contribution in [-0.2, 0) is 4.74 Å². The van der Waals surface area contributed by atoms with E-state index in [1.165, 1.54) is 7.11 Å². The first-order valence-corrected chi connectivity index (χ1v) is 5.60. The average molecular weight is 255 g/mol. The van der Waals surface area contributed by atoms with E-state index in [2.05, 4.69) is 9.72 Å². The molecule has 0 saturated carbocycles. The second-order valence-corrected chi connectivity index (χ2v) is 3.99. The van der Waals surface area contributed by atoms with E-state index in [-0.39, 0.29) is 5.56 Å². The van der Waals surface area contributed by atoms with Crippen molar-refractivity contribution in [1.82, 2.24) is 4.98 Å². The van der Waals surface area contributed by atoms with Gasteiger partial charge in [0.15, 0.2) is 5.58 Å². The molecule has 2 heterocycles. The van der Waals surface area contributed by atoms with E-state index in [0.29, 0.717) is 16.5 Å². The summed E-state index contributed by atoms with van der Waals surface area (Å²) in [7, 11) is 1.27. The van der Waals surface area contributed by atoms with Crippen LogP contribution in [0.4, 0.5) is 0 Å². The molecule has 94 valence electrons. The van der Waals surface area contributed by atoms with Crippen LogP contribution in [0.5, 0.6) is 0 Å². The molecule has 19 heavy (non-hydrogen) atoms. The Kier molecular flexibility index (Phi) is 2.52. The molecular formula is C14H9NO4. The molecule has 0 atom stereocenters. The van der Waals surface area contributed by atoms with Crippen LogP contribution in [0.1, 0.15) is 10.4 Å². The Morgan fingerprint density at radius 2 is 2.16 bits per heavy atom. The van der Waals surface area contributed by atoms with Crippen molar-refractivity contribution in [1.29, 1.82) is 0 Å². The van der Waals surface area contributed by atoms with Gasteiger partial charge in [0.25, 0.3) is 0 Å². The molecular weight excluding hydrogens is 246 g/mol. The number of nitrogens with zero attached hydrogens (tertiary/aromatic N) is 1. The molecule has 0 aliphatic carbocycles. The van der Waals surface area contributed by atoms with Crippen molar-refractivity contribution in [2.75, 3.05) is 7.11 Å². The first kappa shape index (κ1) is 11.4. The van der Waals surface area contributed by atoms with Crippen LogP contribution in [0.3, 0.4) is 0 Å². The molecule has 0 fully saturated rings. The Hall–Kier alpha value is -2.69. The summed E-state index contributed by atoms with van der Waals surface area (Å²) in [5, 5.41) is 1.35. The number of fused-ring (bicyclic) bond motifs is 3. The predicted molar refractivity (Wildman–Crippen MR) is 69.1 cm³/mol. The van der Waals surface area contributed by atoms with Crippen LogP contribution in [0.2, 0.25) is 0 Å². The third kappa shape index (κ3) is 1.76. The van der Waals surface area contributed by atoms with Crippen LogP contribution in [0.15, 0.2) is 45.7 Å². The van der Waals surface area contributed by atoms with E-state index in [1.807, 2.05) is 12.1 Å². The molecule has 0 amide bonds. The normalized spacial score (nSPS) is 10.8. The minimum atomic E-state index is -0.606. The van der Waals surface area contributed by atoms with Gasteiger partial charge in [-0.15, -0.1) is 0 Å². The molecule has 5 heteroatoms. The zero-order chi connectivity index (χ0) is 13.4. The Balaban J connectivity index is 2.51. The van der Waals surface area contributed by atoms with Gasteiger partial charge in [-0.1, -0.05) is 12.1 Å². The van der Waals surface area contributed by atoms with Crippen LogP contribution >= 0.6 is 0 Å².